The molecule has 1 aromatic rings. The highest BCUT2D eigenvalue weighted by molar-refractivity contribution is 5.30. The van der Waals surface area contributed by atoms with E-state index in [0.29, 0.717) is 12.5 Å². The minimum Gasteiger partial charge on any atom is -0.476 e. The lowest BCUT2D eigenvalue weighted by Crippen LogP contribution is -2.30. The first-order valence-electron chi connectivity index (χ1n) is 5.67. The number of hydrogen-bond acceptors (Lipinski definition) is 4. The Morgan fingerprint density at radius 3 is 3.07 bits per heavy atom. The van der Waals surface area contributed by atoms with Crippen molar-refractivity contribution in [2.45, 2.75) is 33.2 Å². The number of ether oxygens (including phenoxy) is 1. The Morgan fingerprint density at radius 2 is 2.33 bits per heavy atom. The molecule has 0 N–H and O–H groups in total. The van der Waals surface area contributed by atoms with Crippen LogP contribution >= 0.6 is 0 Å². The van der Waals surface area contributed by atoms with Gasteiger partial charge in [0.05, 0.1) is 12.2 Å². The molecule has 1 aliphatic heterocycles. The molecule has 0 spiro atoms. The van der Waals surface area contributed by atoms with Crippen molar-refractivity contribution in [2.24, 2.45) is 0 Å². The third-order valence-corrected chi connectivity index (χ3v) is 2.69. The first-order valence-corrected chi connectivity index (χ1v) is 5.67. The Kier molecular flexibility index (Phi) is 3.26. The monoisotopic (exact) mass is 210 g/mol. The molecule has 0 radical (unpaired) electrons. The molecule has 1 aliphatic rings. The van der Waals surface area contributed by atoms with Crippen LogP contribution in [0.4, 0.5) is 0 Å². The van der Waals surface area contributed by atoms with Crippen molar-refractivity contribution in [3.05, 3.63) is 11.3 Å². The van der Waals surface area contributed by atoms with Gasteiger partial charge in [-0.05, 0) is 25.0 Å². The minimum atomic E-state index is 0.646. The van der Waals surface area contributed by atoms with Gasteiger partial charge in [-0.15, -0.1) is 0 Å². The summed E-state index contributed by atoms with van der Waals surface area (Å²) in [6.07, 6.45) is 2.14. The fourth-order valence-corrected chi connectivity index (χ4v) is 2.00. The van der Waals surface area contributed by atoms with Gasteiger partial charge in [0.1, 0.15) is 5.76 Å². The molecule has 15 heavy (non-hydrogen) atoms. The summed E-state index contributed by atoms with van der Waals surface area (Å²) in [7, 11) is 0. The molecule has 2 heterocycles. The molecule has 0 saturated heterocycles. The van der Waals surface area contributed by atoms with Crippen LogP contribution in [0, 0.1) is 0 Å². The molecule has 0 amide bonds. The van der Waals surface area contributed by atoms with Crippen LogP contribution in [0.5, 0.6) is 5.88 Å². The highest BCUT2D eigenvalue weighted by Gasteiger charge is 2.24. The summed E-state index contributed by atoms with van der Waals surface area (Å²) in [6.45, 7) is 7.94. The Morgan fingerprint density at radius 1 is 1.47 bits per heavy atom. The highest BCUT2D eigenvalue weighted by Crippen LogP contribution is 2.27. The number of aromatic nitrogens is 1. The summed E-state index contributed by atoms with van der Waals surface area (Å²) in [5.41, 5.74) is 1.15. The van der Waals surface area contributed by atoms with E-state index in [1.165, 1.54) is 6.42 Å². The molecule has 0 unspecified atom stereocenters. The summed E-state index contributed by atoms with van der Waals surface area (Å²) in [5.74, 6) is 1.69. The zero-order chi connectivity index (χ0) is 10.7. The Hall–Kier alpha value is -1.03. The van der Waals surface area contributed by atoms with Gasteiger partial charge in [-0.3, -0.25) is 4.90 Å². The van der Waals surface area contributed by atoms with Gasteiger partial charge in [0.2, 0.25) is 0 Å². The van der Waals surface area contributed by atoms with Crippen LogP contribution in [-0.2, 0) is 13.0 Å². The van der Waals surface area contributed by atoms with Crippen LogP contribution < -0.4 is 4.74 Å². The Labute approximate surface area is 90.2 Å². The fraction of sp³-hybridized carbons (Fsp3) is 0.727. The summed E-state index contributed by atoms with van der Waals surface area (Å²) in [5, 5.41) is 3.96. The second-order valence-electron chi connectivity index (χ2n) is 3.85. The average molecular weight is 210 g/mol. The van der Waals surface area contributed by atoms with Crippen molar-refractivity contribution >= 4 is 0 Å². The van der Waals surface area contributed by atoms with E-state index in [0.717, 1.165) is 37.4 Å². The highest BCUT2D eigenvalue weighted by atomic mass is 16.5. The lowest BCUT2D eigenvalue weighted by atomic mass is 10.1. The van der Waals surface area contributed by atoms with E-state index >= 15 is 0 Å². The molecule has 0 saturated carbocycles. The molecule has 0 fully saturated rings. The predicted octanol–water partition coefficient (Wildman–Crippen LogP) is 1.84. The molecular formula is C11H18N2O2. The van der Waals surface area contributed by atoms with Crippen molar-refractivity contribution < 1.29 is 9.26 Å². The van der Waals surface area contributed by atoms with Crippen LogP contribution in [-0.4, -0.2) is 29.8 Å². The maximum absolute atomic E-state index is 5.44. The van der Waals surface area contributed by atoms with Crippen molar-refractivity contribution in [1.82, 2.24) is 10.1 Å². The minimum absolute atomic E-state index is 0.646. The van der Waals surface area contributed by atoms with E-state index in [2.05, 4.69) is 17.0 Å². The average Bonchev–Trinajstić information content (AvgIpc) is 2.63. The predicted molar refractivity (Wildman–Crippen MR) is 56.9 cm³/mol. The van der Waals surface area contributed by atoms with E-state index in [-0.39, 0.29) is 0 Å². The number of rotatable bonds is 4. The lowest BCUT2D eigenvalue weighted by Gasteiger charge is -2.24. The van der Waals surface area contributed by atoms with Crippen LogP contribution in [0.3, 0.4) is 0 Å². The van der Waals surface area contributed by atoms with Crippen molar-refractivity contribution in [1.29, 1.82) is 0 Å². The molecule has 0 bridgehead atoms. The van der Waals surface area contributed by atoms with Crippen molar-refractivity contribution in [3.8, 4) is 5.88 Å². The fourth-order valence-electron chi connectivity index (χ4n) is 2.00. The summed E-state index contributed by atoms with van der Waals surface area (Å²) >= 11 is 0. The molecule has 4 heteroatoms. The van der Waals surface area contributed by atoms with Gasteiger partial charge in [-0.25, -0.2) is 0 Å². The second-order valence-corrected chi connectivity index (χ2v) is 3.85. The van der Waals surface area contributed by atoms with Crippen LogP contribution in [0.15, 0.2) is 4.52 Å². The Bertz CT molecular complexity index is 322. The number of fused-ring (bicyclic) bond motifs is 1. The quantitative estimate of drug-likeness (QED) is 0.760. The van der Waals surface area contributed by atoms with Gasteiger partial charge in [0.25, 0.3) is 5.88 Å². The smallest absolute Gasteiger partial charge is 0.258 e. The van der Waals surface area contributed by atoms with Crippen LogP contribution in [0.25, 0.3) is 0 Å². The SMILES string of the molecule is CCCN1CCc2onc(OCC)c2C1. The topological polar surface area (TPSA) is 38.5 Å². The summed E-state index contributed by atoms with van der Waals surface area (Å²) < 4.78 is 10.7. The van der Waals surface area contributed by atoms with Gasteiger partial charge in [-0.1, -0.05) is 6.92 Å². The molecule has 0 atom stereocenters. The van der Waals surface area contributed by atoms with E-state index < -0.39 is 0 Å². The van der Waals surface area contributed by atoms with Gasteiger partial charge in [0.15, 0.2) is 0 Å². The first kappa shape index (κ1) is 10.5. The maximum Gasteiger partial charge on any atom is 0.258 e. The van der Waals surface area contributed by atoms with E-state index in [4.69, 9.17) is 9.26 Å². The zero-order valence-corrected chi connectivity index (χ0v) is 9.45. The van der Waals surface area contributed by atoms with E-state index in [9.17, 15) is 0 Å². The van der Waals surface area contributed by atoms with E-state index in [1.807, 2.05) is 6.92 Å². The summed E-state index contributed by atoms with van der Waals surface area (Å²) in [6, 6.07) is 0. The normalized spacial score (nSPS) is 16.4. The molecule has 0 aliphatic carbocycles. The zero-order valence-electron chi connectivity index (χ0n) is 9.45. The molecule has 4 nitrogen and oxygen atoms in total. The van der Waals surface area contributed by atoms with Gasteiger partial charge >= 0.3 is 0 Å². The standard InChI is InChI=1S/C11H18N2O2/c1-3-6-13-7-5-10-9(8-13)11(12-15-10)14-4-2/h3-8H2,1-2H3. The second kappa shape index (κ2) is 4.66. The Balaban J connectivity index is 2.11. The molecule has 0 aromatic carbocycles. The number of hydrogen-bond donors (Lipinski definition) is 0. The maximum atomic E-state index is 5.44. The van der Waals surface area contributed by atoms with Gasteiger partial charge < -0.3 is 9.26 Å². The molecule has 84 valence electrons. The molecule has 1 aromatic heterocycles. The van der Waals surface area contributed by atoms with Gasteiger partial charge in [0, 0.05) is 19.5 Å². The van der Waals surface area contributed by atoms with Crippen molar-refractivity contribution in [3.63, 3.8) is 0 Å². The third kappa shape index (κ3) is 2.15. The van der Waals surface area contributed by atoms with E-state index in [1.54, 1.807) is 0 Å². The van der Waals surface area contributed by atoms with Crippen LogP contribution in [0.1, 0.15) is 31.6 Å². The summed E-state index contributed by atoms with van der Waals surface area (Å²) in [4.78, 5) is 2.42. The lowest BCUT2D eigenvalue weighted by molar-refractivity contribution is 0.236. The van der Waals surface area contributed by atoms with Gasteiger partial charge in [-0.2, -0.15) is 0 Å². The van der Waals surface area contributed by atoms with Crippen molar-refractivity contribution in [2.75, 3.05) is 19.7 Å². The molecule has 2 rings (SSSR count). The third-order valence-electron chi connectivity index (χ3n) is 2.69. The largest absolute Gasteiger partial charge is 0.476 e. The first-order chi connectivity index (χ1) is 7.35. The van der Waals surface area contributed by atoms with Crippen LogP contribution in [0.2, 0.25) is 0 Å². The number of nitrogens with zero attached hydrogens (tertiary/aromatic N) is 2. The molecular weight excluding hydrogens is 192 g/mol.